The number of aromatic nitrogens is 2. The van der Waals surface area contributed by atoms with Gasteiger partial charge in [-0.1, -0.05) is 70.6 Å². The Morgan fingerprint density at radius 2 is 1.07 bits per heavy atom. The summed E-state index contributed by atoms with van der Waals surface area (Å²) in [4.78, 5) is 52.9. The Labute approximate surface area is 341 Å². The van der Waals surface area contributed by atoms with Gasteiger partial charge in [0, 0.05) is 31.9 Å². The number of amides is 2. The lowest BCUT2D eigenvalue weighted by atomic mass is 10.0. The van der Waals surface area contributed by atoms with Gasteiger partial charge < -0.3 is 44.5 Å². The zero-order chi connectivity index (χ0) is 42.1. The third-order valence-electron chi connectivity index (χ3n) is 8.38. The summed E-state index contributed by atoms with van der Waals surface area (Å²) < 4.78 is 54.5. The molecule has 0 saturated heterocycles. The molecule has 0 atom stereocenters. The molecule has 18 nitrogen and oxygen atoms in total. The van der Waals surface area contributed by atoms with E-state index in [4.69, 9.17) is 33.9 Å². The van der Waals surface area contributed by atoms with Crippen LogP contribution < -0.4 is 20.1 Å². The van der Waals surface area contributed by atoms with Crippen molar-refractivity contribution in [3.05, 3.63) is 42.2 Å². The Balaban J connectivity index is 1.49. The summed E-state index contributed by atoms with van der Waals surface area (Å²) in [5, 5.41) is 22.4. The van der Waals surface area contributed by atoms with Crippen molar-refractivity contribution in [3.8, 4) is 5.75 Å². The maximum atomic E-state index is 12.9. The fraction of sp³-hybridized carbons (Fsp3) is 0.641. The van der Waals surface area contributed by atoms with Gasteiger partial charge in [0.15, 0.2) is 0 Å². The van der Waals surface area contributed by atoms with Crippen molar-refractivity contribution in [2.45, 2.75) is 94.8 Å². The number of ether oxygens (including phenoxy) is 5. The van der Waals surface area contributed by atoms with Gasteiger partial charge in [-0.2, -0.15) is 0 Å². The number of benzene rings is 1. The number of rotatable bonds is 37. The molecule has 2 aromatic rings. The predicted molar refractivity (Wildman–Crippen MR) is 213 cm³/mol. The van der Waals surface area contributed by atoms with Crippen LogP contribution in [0.4, 0.5) is 5.95 Å². The molecule has 1 heterocycles. The van der Waals surface area contributed by atoms with E-state index >= 15 is 0 Å². The first-order valence-corrected chi connectivity index (χ1v) is 21.4. The average Bonchev–Trinajstić information content (AvgIpc) is 3.19. The summed E-state index contributed by atoms with van der Waals surface area (Å²) in [7, 11) is -3.98. The first-order chi connectivity index (χ1) is 28.1. The summed E-state index contributed by atoms with van der Waals surface area (Å²) in [6.07, 6.45) is 17.3. The molecule has 0 fully saturated rings. The van der Waals surface area contributed by atoms with E-state index < -0.39 is 34.5 Å². The first-order valence-electron chi connectivity index (χ1n) is 19.9. The van der Waals surface area contributed by atoms with Crippen LogP contribution in [0.15, 0.2) is 41.6 Å². The van der Waals surface area contributed by atoms with Crippen molar-refractivity contribution in [2.24, 2.45) is 0 Å². The first kappa shape index (κ1) is 49.7. The maximum Gasteiger partial charge on any atom is 0.329 e. The minimum Gasteiger partial charge on any atom is -0.494 e. The molecule has 1 aromatic carbocycles. The number of anilines is 1. The van der Waals surface area contributed by atoms with Gasteiger partial charge in [-0.25, -0.2) is 27.9 Å². The standard InChI is InChI=1S/C39H61N5O13S/c45-35(40-19-22-53-25-27-56-31-37(48)49)30-55-26-24-54-23-20-41-38(50)32-28-42-39(43-29-32)44-58(51,52)34-17-15-33(16-18-34)57-21-13-11-9-7-5-3-1-2-4-6-8-10-12-14-36(46)47/h15-18,28-29H,1-14,19-27,30-31H2,(H,40,45)(H,41,50)(H,46,47)(H,48,49)(H,42,43,44). The van der Waals surface area contributed by atoms with Crippen molar-refractivity contribution >= 4 is 39.7 Å². The van der Waals surface area contributed by atoms with Crippen LogP contribution in [0, 0.1) is 0 Å². The largest absolute Gasteiger partial charge is 0.494 e. The highest BCUT2D eigenvalue weighted by atomic mass is 32.2. The zero-order valence-electron chi connectivity index (χ0n) is 33.3. The number of carbonyl (C=O) groups excluding carboxylic acids is 2. The van der Waals surface area contributed by atoms with Gasteiger partial charge in [0.05, 0.1) is 56.7 Å². The second kappa shape index (κ2) is 31.5. The Morgan fingerprint density at radius 3 is 1.62 bits per heavy atom. The van der Waals surface area contributed by atoms with Crippen molar-refractivity contribution in [2.75, 3.05) is 77.3 Å². The zero-order valence-corrected chi connectivity index (χ0v) is 34.1. The highest BCUT2D eigenvalue weighted by Gasteiger charge is 2.17. The SMILES string of the molecule is O=C(O)CCCCCCCCCCCCCCCOc1ccc(S(=O)(=O)Nc2ncc(C(=O)NCCOCCOCC(=O)NCCOCCOCC(=O)O)cn2)cc1. The van der Waals surface area contributed by atoms with Gasteiger partial charge in [-0.05, 0) is 37.1 Å². The van der Waals surface area contributed by atoms with Crippen LogP contribution in [0.25, 0.3) is 0 Å². The summed E-state index contributed by atoms with van der Waals surface area (Å²) in [5.74, 6) is -2.18. The maximum absolute atomic E-state index is 12.9. The third-order valence-corrected chi connectivity index (χ3v) is 9.72. The van der Waals surface area contributed by atoms with E-state index in [1.165, 1.54) is 69.5 Å². The molecule has 0 aliphatic carbocycles. The van der Waals surface area contributed by atoms with Crippen molar-refractivity contribution < 1.29 is 61.5 Å². The van der Waals surface area contributed by atoms with Crippen molar-refractivity contribution in [1.82, 2.24) is 20.6 Å². The Hall–Kier alpha value is -4.43. The van der Waals surface area contributed by atoms with E-state index in [-0.39, 0.29) is 88.1 Å². The average molecular weight is 840 g/mol. The predicted octanol–water partition coefficient (Wildman–Crippen LogP) is 4.20. The van der Waals surface area contributed by atoms with Crippen LogP contribution in [0.3, 0.4) is 0 Å². The molecule has 19 heteroatoms. The molecule has 0 spiro atoms. The Morgan fingerprint density at radius 1 is 0.569 bits per heavy atom. The number of nitrogens with zero attached hydrogens (tertiary/aromatic N) is 2. The Kier molecular flexibility index (Phi) is 27.0. The third kappa shape index (κ3) is 25.7. The molecule has 0 aliphatic heterocycles. The van der Waals surface area contributed by atoms with Crippen LogP contribution in [-0.2, 0) is 43.4 Å². The van der Waals surface area contributed by atoms with Gasteiger partial charge in [0.2, 0.25) is 11.9 Å². The second-order valence-corrected chi connectivity index (χ2v) is 15.0. The van der Waals surface area contributed by atoms with Crippen LogP contribution in [0.1, 0.15) is 100 Å². The number of carbonyl (C=O) groups is 4. The minimum absolute atomic E-state index is 0.00994. The van der Waals surface area contributed by atoms with E-state index in [1.54, 1.807) is 12.1 Å². The quantitative estimate of drug-likeness (QED) is 0.0598. The summed E-state index contributed by atoms with van der Waals surface area (Å²) in [6.45, 7) is 1.57. The van der Waals surface area contributed by atoms with Gasteiger partial charge in [0.25, 0.3) is 15.9 Å². The molecule has 326 valence electrons. The number of carboxylic acids is 2. The summed E-state index contributed by atoms with van der Waals surface area (Å²) in [5.41, 5.74) is 0.127. The Bertz CT molecular complexity index is 1550. The summed E-state index contributed by atoms with van der Waals surface area (Å²) >= 11 is 0. The van der Waals surface area contributed by atoms with E-state index in [0.29, 0.717) is 12.4 Å². The lowest BCUT2D eigenvalue weighted by molar-refractivity contribution is -0.143. The smallest absolute Gasteiger partial charge is 0.329 e. The molecule has 2 amide bonds. The van der Waals surface area contributed by atoms with Crippen LogP contribution >= 0.6 is 0 Å². The van der Waals surface area contributed by atoms with Crippen LogP contribution in [0.5, 0.6) is 5.75 Å². The molecule has 2 rings (SSSR count). The molecular weight excluding hydrogens is 779 g/mol. The molecule has 58 heavy (non-hydrogen) atoms. The van der Waals surface area contributed by atoms with E-state index in [0.717, 1.165) is 38.5 Å². The number of unbranched alkanes of at least 4 members (excludes halogenated alkanes) is 12. The normalized spacial score (nSPS) is 11.2. The van der Waals surface area contributed by atoms with Crippen molar-refractivity contribution in [1.29, 1.82) is 0 Å². The fourth-order valence-corrected chi connectivity index (χ4v) is 6.28. The minimum atomic E-state index is -3.98. The number of aliphatic carboxylic acids is 2. The van der Waals surface area contributed by atoms with E-state index in [1.807, 2.05) is 0 Å². The highest BCUT2D eigenvalue weighted by Crippen LogP contribution is 2.19. The van der Waals surface area contributed by atoms with E-state index in [9.17, 15) is 27.6 Å². The van der Waals surface area contributed by atoms with Gasteiger partial charge in [0.1, 0.15) is 19.0 Å². The lowest BCUT2D eigenvalue weighted by Crippen LogP contribution is -2.31. The molecule has 0 saturated carbocycles. The number of hydrogen-bond donors (Lipinski definition) is 5. The second-order valence-electron chi connectivity index (χ2n) is 13.3. The molecule has 0 aliphatic rings. The topological polar surface area (TPSA) is 251 Å². The van der Waals surface area contributed by atoms with E-state index in [2.05, 4.69) is 25.3 Å². The molecule has 0 unspecified atom stereocenters. The van der Waals surface area contributed by atoms with Gasteiger partial charge in [-0.15, -0.1) is 0 Å². The number of sulfonamides is 1. The van der Waals surface area contributed by atoms with Crippen molar-refractivity contribution in [3.63, 3.8) is 0 Å². The van der Waals surface area contributed by atoms with Crippen LogP contribution in [0.2, 0.25) is 0 Å². The molecule has 0 radical (unpaired) electrons. The lowest BCUT2D eigenvalue weighted by Gasteiger charge is -2.10. The number of nitrogens with one attached hydrogen (secondary N) is 3. The number of carboxylic acid groups (broad SMARTS) is 2. The summed E-state index contributed by atoms with van der Waals surface area (Å²) in [6, 6.07) is 6.09. The number of hydrogen-bond acceptors (Lipinski definition) is 13. The fourth-order valence-electron chi connectivity index (χ4n) is 5.32. The molecule has 1 aromatic heterocycles. The highest BCUT2D eigenvalue weighted by molar-refractivity contribution is 7.92. The van der Waals surface area contributed by atoms with Crippen LogP contribution in [-0.4, -0.2) is 125 Å². The molecule has 0 bridgehead atoms. The van der Waals surface area contributed by atoms with Gasteiger partial charge in [-0.3, -0.25) is 14.4 Å². The van der Waals surface area contributed by atoms with Gasteiger partial charge >= 0.3 is 11.9 Å². The molecule has 5 N–H and O–H groups in total. The monoisotopic (exact) mass is 839 g/mol. The molecular formula is C39H61N5O13S.